The standard InChI is InChI=1S/C13H26N2O4/c1-6-7-10(15-9(2)11(16)17)8-14-12(18)19-13(3,4)5/h9-10,15H,6-8H2,1-5H3,(H,14,18)(H,16,17). The normalized spacial score (nSPS) is 14.6. The van der Waals surface area contributed by atoms with Crippen LogP contribution in [0.3, 0.4) is 0 Å². The molecule has 0 fully saturated rings. The molecule has 0 aliphatic heterocycles. The number of carboxylic acid groups (broad SMARTS) is 1. The Morgan fingerprint density at radius 2 is 1.89 bits per heavy atom. The lowest BCUT2D eigenvalue weighted by molar-refractivity contribution is -0.139. The van der Waals surface area contributed by atoms with Crippen LogP contribution in [-0.4, -0.2) is 41.4 Å². The zero-order chi connectivity index (χ0) is 15.1. The number of carbonyl (C=O) groups excluding carboxylic acids is 1. The molecule has 3 N–H and O–H groups in total. The van der Waals surface area contributed by atoms with Crippen molar-refractivity contribution in [3.63, 3.8) is 0 Å². The number of ether oxygens (including phenoxy) is 1. The molecule has 2 unspecified atom stereocenters. The van der Waals surface area contributed by atoms with Crippen molar-refractivity contribution >= 4 is 12.1 Å². The molecule has 0 aliphatic rings. The van der Waals surface area contributed by atoms with Gasteiger partial charge in [-0.1, -0.05) is 13.3 Å². The molecule has 0 rings (SSSR count). The number of rotatable bonds is 7. The number of carboxylic acids is 1. The van der Waals surface area contributed by atoms with E-state index in [-0.39, 0.29) is 6.04 Å². The Bertz CT molecular complexity index is 300. The predicted octanol–water partition coefficient (Wildman–Crippen LogP) is 1.74. The molecule has 112 valence electrons. The average molecular weight is 274 g/mol. The third-order valence-electron chi connectivity index (χ3n) is 2.38. The van der Waals surface area contributed by atoms with Crippen molar-refractivity contribution in [2.75, 3.05) is 6.54 Å². The van der Waals surface area contributed by atoms with E-state index in [1.54, 1.807) is 27.7 Å². The molecule has 0 aromatic carbocycles. The number of aliphatic carboxylic acids is 1. The summed E-state index contributed by atoms with van der Waals surface area (Å²) >= 11 is 0. The van der Waals surface area contributed by atoms with Crippen LogP contribution in [0.2, 0.25) is 0 Å². The minimum absolute atomic E-state index is 0.0800. The van der Waals surface area contributed by atoms with Gasteiger partial charge in [0.15, 0.2) is 0 Å². The van der Waals surface area contributed by atoms with Gasteiger partial charge in [0, 0.05) is 12.6 Å². The highest BCUT2D eigenvalue weighted by Gasteiger charge is 2.19. The van der Waals surface area contributed by atoms with E-state index in [4.69, 9.17) is 9.84 Å². The molecule has 0 aromatic rings. The van der Waals surface area contributed by atoms with E-state index in [1.807, 2.05) is 6.92 Å². The summed E-state index contributed by atoms with van der Waals surface area (Å²) in [5, 5.41) is 14.5. The molecule has 0 radical (unpaired) electrons. The van der Waals surface area contributed by atoms with E-state index in [0.29, 0.717) is 6.54 Å². The van der Waals surface area contributed by atoms with Gasteiger partial charge in [0.1, 0.15) is 11.6 Å². The summed E-state index contributed by atoms with van der Waals surface area (Å²) in [6.45, 7) is 9.31. The minimum atomic E-state index is -0.904. The summed E-state index contributed by atoms with van der Waals surface area (Å²) in [5.74, 6) is -0.904. The smallest absolute Gasteiger partial charge is 0.407 e. The summed E-state index contributed by atoms with van der Waals surface area (Å²) < 4.78 is 5.12. The average Bonchev–Trinajstić information content (AvgIpc) is 2.23. The minimum Gasteiger partial charge on any atom is -0.480 e. The largest absolute Gasteiger partial charge is 0.480 e. The van der Waals surface area contributed by atoms with E-state index >= 15 is 0 Å². The van der Waals surface area contributed by atoms with Gasteiger partial charge in [-0.15, -0.1) is 0 Å². The first-order valence-electron chi connectivity index (χ1n) is 6.61. The van der Waals surface area contributed by atoms with E-state index < -0.39 is 23.7 Å². The van der Waals surface area contributed by atoms with Crippen LogP contribution in [0.5, 0.6) is 0 Å². The Morgan fingerprint density at radius 3 is 2.32 bits per heavy atom. The van der Waals surface area contributed by atoms with E-state index in [9.17, 15) is 9.59 Å². The van der Waals surface area contributed by atoms with Crippen LogP contribution in [-0.2, 0) is 9.53 Å². The molecule has 0 bridgehead atoms. The second kappa shape index (κ2) is 7.99. The molecular weight excluding hydrogens is 248 g/mol. The van der Waals surface area contributed by atoms with Crippen molar-refractivity contribution in [2.24, 2.45) is 0 Å². The molecule has 6 heteroatoms. The molecular formula is C13H26N2O4. The van der Waals surface area contributed by atoms with Crippen LogP contribution < -0.4 is 10.6 Å². The molecule has 0 aliphatic carbocycles. The number of carbonyl (C=O) groups is 2. The van der Waals surface area contributed by atoms with Gasteiger partial charge in [0.2, 0.25) is 0 Å². The zero-order valence-electron chi connectivity index (χ0n) is 12.4. The van der Waals surface area contributed by atoms with Gasteiger partial charge in [-0.3, -0.25) is 4.79 Å². The lowest BCUT2D eigenvalue weighted by atomic mass is 10.1. The van der Waals surface area contributed by atoms with E-state index in [2.05, 4.69) is 10.6 Å². The number of nitrogens with one attached hydrogen (secondary N) is 2. The molecule has 0 saturated heterocycles. The molecule has 19 heavy (non-hydrogen) atoms. The molecule has 6 nitrogen and oxygen atoms in total. The first-order valence-corrected chi connectivity index (χ1v) is 6.61. The quantitative estimate of drug-likeness (QED) is 0.658. The third-order valence-corrected chi connectivity index (χ3v) is 2.38. The van der Waals surface area contributed by atoms with Crippen molar-refractivity contribution in [1.82, 2.24) is 10.6 Å². The lowest BCUT2D eigenvalue weighted by Gasteiger charge is -2.23. The van der Waals surface area contributed by atoms with Crippen LogP contribution in [0, 0.1) is 0 Å². The van der Waals surface area contributed by atoms with Crippen molar-refractivity contribution < 1.29 is 19.4 Å². The van der Waals surface area contributed by atoms with Gasteiger partial charge < -0.3 is 20.5 Å². The van der Waals surface area contributed by atoms with Gasteiger partial charge in [-0.2, -0.15) is 0 Å². The Hall–Kier alpha value is -1.30. The fraction of sp³-hybridized carbons (Fsp3) is 0.846. The monoisotopic (exact) mass is 274 g/mol. The molecule has 0 saturated carbocycles. The van der Waals surface area contributed by atoms with E-state index in [1.165, 1.54) is 0 Å². The highest BCUT2D eigenvalue weighted by atomic mass is 16.6. The first-order chi connectivity index (χ1) is 8.65. The Balaban J connectivity index is 4.21. The Kier molecular flexibility index (Phi) is 7.44. The van der Waals surface area contributed by atoms with Crippen LogP contribution in [0.1, 0.15) is 47.5 Å². The topological polar surface area (TPSA) is 87.7 Å². The van der Waals surface area contributed by atoms with Gasteiger partial charge in [0.25, 0.3) is 0 Å². The van der Waals surface area contributed by atoms with Crippen LogP contribution >= 0.6 is 0 Å². The summed E-state index contributed by atoms with van der Waals surface area (Å²) in [5.41, 5.74) is -0.536. The maximum atomic E-state index is 11.5. The summed E-state index contributed by atoms with van der Waals surface area (Å²) in [6, 6.07) is -0.722. The zero-order valence-corrected chi connectivity index (χ0v) is 12.4. The summed E-state index contributed by atoms with van der Waals surface area (Å²) in [6.07, 6.45) is 1.20. The molecule has 0 aromatic heterocycles. The fourth-order valence-electron chi connectivity index (χ4n) is 1.54. The van der Waals surface area contributed by atoms with Gasteiger partial charge in [-0.05, 0) is 34.1 Å². The molecule has 0 heterocycles. The predicted molar refractivity (Wildman–Crippen MR) is 73.2 cm³/mol. The third kappa shape index (κ3) is 9.30. The Morgan fingerprint density at radius 1 is 1.32 bits per heavy atom. The lowest BCUT2D eigenvalue weighted by Crippen LogP contribution is -2.47. The maximum absolute atomic E-state index is 11.5. The number of amides is 1. The van der Waals surface area contributed by atoms with Gasteiger partial charge in [-0.25, -0.2) is 4.79 Å². The van der Waals surface area contributed by atoms with Crippen molar-refractivity contribution in [2.45, 2.75) is 65.1 Å². The molecule has 0 spiro atoms. The fourth-order valence-corrected chi connectivity index (χ4v) is 1.54. The second-order valence-corrected chi connectivity index (χ2v) is 5.59. The highest BCUT2D eigenvalue weighted by molar-refractivity contribution is 5.73. The van der Waals surface area contributed by atoms with Crippen molar-refractivity contribution in [1.29, 1.82) is 0 Å². The number of hydrogen-bond donors (Lipinski definition) is 3. The van der Waals surface area contributed by atoms with Crippen LogP contribution in [0.15, 0.2) is 0 Å². The maximum Gasteiger partial charge on any atom is 0.407 e. The van der Waals surface area contributed by atoms with E-state index in [0.717, 1.165) is 12.8 Å². The SMILES string of the molecule is CCCC(CNC(=O)OC(C)(C)C)NC(C)C(=O)O. The molecule has 2 atom stereocenters. The summed E-state index contributed by atoms with van der Waals surface area (Å²) in [4.78, 5) is 22.3. The van der Waals surface area contributed by atoms with Gasteiger partial charge >= 0.3 is 12.1 Å². The van der Waals surface area contributed by atoms with Crippen molar-refractivity contribution in [3.05, 3.63) is 0 Å². The molecule has 1 amide bonds. The number of hydrogen-bond acceptors (Lipinski definition) is 4. The van der Waals surface area contributed by atoms with Gasteiger partial charge in [0.05, 0.1) is 0 Å². The Labute approximate surface area is 114 Å². The first kappa shape index (κ1) is 17.7. The van der Waals surface area contributed by atoms with Crippen LogP contribution in [0.4, 0.5) is 4.79 Å². The highest BCUT2D eigenvalue weighted by Crippen LogP contribution is 2.06. The second-order valence-electron chi connectivity index (χ2n) is 5.59. The summed E-state index contributed by atoms with van der Waals surface area (Å²) in [7, 11) is 0. The number of alkyl carbamates (subject to hydrolysis) is 1. The van der Waals surface area contributed by atoms with Crippen molar-refractivity contribution in [3.8, 4) is 0 Å². The van der Waals surface area contributed by atoms with Crippen LogP contribution in [0.25, 0.3) is 0 Å².